The van der Waals surface area contributed by atoms with Crippen molar-refractivity contribution >= 4 is 46.6 Å². The van der Waals surface area contributed by atoms with E-state index in [9.17, 15) is 4.79 Å². The molecule has 0 saturated heterocycles. The topological polar surface area (TPSA) is 32.7 Å². The number of amides is 1. The molecule has 3 rings (SSSR count). The minimum absolute atomic E-state index is 0.0320. The molecule has 1 amide bonds. The second-order valence-corrected chi connectivity index (χ2v) is 5.99. The summed E-state index contributed by atoms with van der Waals surface area (Å²) >= 11 is 12.0. The molecule has 0 aromatic heterocycles. The summed E-state index contributed by atoms with van der Waals surface area (Å²) in [5.41, 5.74) is 3.47. The van der Waals surface area contributed by atoms with Crippen molar-refractivity contribution in [3.63, 3.8) is 0 Å². The zero-order valence-corrected chi connectivity index (χ0v) is 14.0. The average molecular weight is 345 g/mol. The third kappa shape index (κ3) is 3.31. The van der Waals surface area contributed by atoms with Crippen LogP contribution in [0, 0.1) is 0 Å². The average Bonchev–Trinajstić information content (AvgIpc) is 2.68. The van der Waals surface area contributed by atoms with Crippen LogP contribution in [-0.4, -0.2) is 25.2 Å². The lowest BCUT2D eigenvalue weighted by Gasteiger charge is -2.16. The highest BCUT2D eigenvalue weighted by atomic mass is 35.5. The molecule has 2 aromatic carbocycles. The van der Waals surface area contributed by atoms with Gasteiger partial charge in [-0.3, -0.25) is 9.79 Å². The van der Waals surface area contributed by atoms with Crippen molar-refractivity contribution in [3.05, 3.63) is 69.7 Å². The minimum Gasteiger partial charge on any atom is -0.313 e. The van der Waals surface area contributed by atoms with Crippen molar-refractivity contribution in [2.75, 3.05) is 18.5 Å². The normalized spacial score (nSPS) is 14.7. The SMILES string of the molecule is CN1C(=O)CN=C(C=Cc2ccc(Cl)c(Cl)c2)c2ccccc21. The van der Waals surface area contributed by atoms with Gasteiger partial charge in [0.1, 0.15) is 6.54 Å². The molecule has 1 aliphatic rings. The number of carbonyl (C=O) groups excluding carboxylic acids is 1. The lowest BCUT2D eigenvalue weighted by atomic mass is 10.1. The van der Waals surface area contributed by atoms with Crippen molar-refractivity contribution in [2.24, 2.45) is 4.99 Å². The number of hydrogen-bond acceptors (Lipinski definition) is 2. The van der Waals surface area contributed by atoms with Gasteiger partial charge in [-0.2, -0.15) is 0 Å². The highest BCUT2D eigenvalue weighted by Gasteiger charge is 2.19. The molecular formula is C18H14Cl2N2O. The molecule has 0 spiro atoms. The quantitative estimate of drug-likeness (QED) is 0.790. The molecule has 2 aromatic rings. The van der Waals surface area contributed by atoms with E-state index in [0.717, 1.165) is 22.5 Å². The summed E-state index contributed by atoms with van der Waals surface area (Å²) in [6.45, 7) is 0.131. The predicted octanol–water partition coefficient (Wildman–Crippen LogP) is 4.47. The van der Waals surface area contributed by atoms with Gasteiger partial charge in [0.15, 0.2) is 0 Å². The zero-order valence-electron chi connectivity index (χ0n) is 12.5. The highest BCUT2D eigenvalue weighted by Crippen LogP contribution is 2.25. The number of hydrogen-bond donors (Lipinski definition) is 0. The highest BCUT2D eigenvalue weighted by molar-refractivity contribution is 6.42. The second-order valence-electron chi connectivity index (χ2n) is 5.18. The van der Waals surface area contributed by atoms with E-state index in [0.29, 0.717) is 10.0 Å². The summed E-state index contributed by atoms with van der Waals surface area (Å²) in [7, 11) is 1.77. The van der Waals surface area contributed by atoms with Crippen molar-refractivity contribution in [3.8, 4) is 0 Å². The Balaban J connectivity index is 1.98. The number of allylic oxidation sites excluding steroid dienone is 1. The van der Waals surface area contributed by atoms with E-state index in [1.54, 1.807) is 24.1 Å². The Morgan fingerprint density at radius 1 is 1.09 bits per heavy atom. The van der Waals surface area contributed by atoms with Gasteiger partial charge in [0.25, 0.3) is 0 Å². The third-order valence-corrected chi connectivity index (χ3v) is 4.42. The van der Waals surface area contributed by atoms with Crippen molar-refractivity contribution < 1.29 is 4.79 Å². The molecule has 0 atom stereocenters. The van der Waals surface area contributed by atoms with E-state index in [4.69, 9.17) is 23.2 Å². The Bertz CT molecular complexity index is 828. The Morgan fingerprint density at radius 2 is 1.87 bits per heavy atom. The van der Waals surface area contributed by atoms with Gasteiger partial charge in [0.2, 0.25) is 5.91 Å². The number of halogens is 2. The number of likely N-dealkylation sites (N-methyl/N-ethyl adjacent to an activating group) is 1. The summed E-state index contributed by atoms with van der Waals surface area (Å²) in [4.78, 5) is 18.1. The van der Waals surface area contributed by atoms with Gasteiger partial charge >= 0.3 is 0 Å². The maximum absolute atomic E-state index is 12.0. The molecule has 116 valence electrons. The lowest BCUT2D eigenvalue weighted by molar-refractivity contribution is -0.116. The van der Waals surface area contributed by atoms with Crippen molar-refractivity contribution in [1.82, 2.24) is 0 Å². The third-order valence-electron chi connectivity index (χ3n) is 3.68. The molecule has 3 nitrogen and oxygen atoms in total. The first kappa shape index (κ1) is 15.8. The monoisotopic (exact) mass is 344 g/mol. The second kappa shape index (κ2) is 6.57. The van der Waals surface area contributed by atoms with E-state index in [2.05, 4.69) is 4.99 Å². The number of aliphatic imine (C=N–C) groups is 1. The first-order valence-corrected chi connectivity index (χ1v) is 7.85. The standard InChI is InChI=1S/C18H14Cl2N2O/c1-22-17-5-3-2-4-13(17)16(21-11-18(22)23)9-7-12-6-8-14(19)15(20)10-12/h2-10H,11H2,1H3. The van der Waals surface area contributed by atoms with Crippen LogP contribution in [-0.2, 0) is 4.79 Å². The zero-order chi connectivity index (χ0) is 16.4. The lowest BCUT2D eigenvalue weighted by Crippen LogP contribution is -2.27. The first-order valence-electron chi connectivity index (χ1n) is 7.10. The van der Waals surface area contributed by atoms with Gasteiger partial charge in [-0.25, -0.2) is 0 Å². The number of anilines is 1. The Morgan fingerprint density at radius 3 is 2.65 bits per heavy atom. The first-order chi connectivity index (χ1) is 11.1. The minimum atomic E-state index is -0.0320. The Hall–Kier alpha value is -2.10. The van der Waals surface area contributed by atoms with Crippen LogP contribution in [0.15, 0.2) is 53.5 Å². The maximum atomic E-state index is 12.0. The molecule has 1 heterocycles. The molecule has 5 heteroatoms. The van der Waals surface area contributed by atoms with Gasteiger partial charge < -0.3 is 4.90 Å². The number of nitrogens with zero attached hydrogens (tertiary/aromatic N) is 2. The number of carbonyl (C=O) groups is 1. The van der Waals surface area contributed by atoms with Gasteiger partial charge in [0, 0.05) is 12.6 Å². The van der Waals surface area contributed by atoms with E-state index in [1.807, 2.05) is 42.5 Å². The fourth-order valence-electron chi connectivity index (χ4n) is 2.39. The van der Waals surface area contributed by atoms with E-state index in [1.165, 1.54) is 0 Å². The van der Waals surface area contributed by atoms with Crippen LogP contribution < -0.4 is 4.90 Å². The number of benzene rings is 2. The fraction of sp³-hybridized carbons (Fsp3) is 0.111. The van der Waals surface area contributed by atoms with Crippen LogP contribution in [0.25, 0.3) is 6.08 Å². The van der Waals surface area contributed by atoms with E-state index in [-0.39, 0.29) is 12.5 Å². The summed E-state index contributed by atoms with van der Waals surface area (Å²) in [6.07, 6.45) is 3.80. The molecule has 23 heavy (non-hydrogen) atoms. The Labute approximate surface area is 144 Å². The summed E-state index contributed by atoms with van der Waals surface area (Å²) in [5, 5.41) is 1.03. The summed E-state index contributed by atoms with van der Waals surface area (Å²) in [6, 6.07) is 13.2. The number of rotatable bonds is 2. The molecule has 0 fully saturated rings. The van der Waals surface area contributed by atoms with Crippen LogP contribution in [0.4, 0.5) is 5.69 Å². The van der Waals surface area contributed by atoms with Crippen LogP contribution in [0.2, 0.25) is 10.0 Å². The number of para-hydroxylation sites is 1. The van der Waals surface area contributed by atoms with Crippen LogP contribution in [0.3, 0.4) is 0 Å². The molecule has 0 bridgehead atoms. The van der Waals surface area contributed by atoms with Crippen LogP contribution >= 0.6 is 23.2 Å². The van der Waals surface area contributed by atoms with Gasteiger partial charge in [-0.05, 0) is 29.8 Å². The van der Waals surface area contributed by atoms with E-state index >= 15 is 0 Å². The molecular weight excluding hydrogens is 331 g/mol. The predicted molar refractivity (Wildman–Crippen MR) is 96.8 cm³/mol. The van der Waals surface area contributed by atoms with Crippen LogP contribution in [0.5, 0.6) is 0 Å². The van der Waals surface area contributed by atoms with Crippen molar-refractivity contribution in [1.29, 1.82) is 0 Å². The smallest absolute Gasteiger partial charge is 0.248 e. The van der Waals surface area contributed by atoms with E-state index < -0.39 is 0 Å². The molecule has 1 aliphatic heterocycles. The molecule has 0 saturated carbocycles. The maximum Gasteiger partial charge on any atom is 0.248 e. The van der Waals surface area contributed by atoms with Gasteiger partial charge in [0.05, 0.1) is 21.4 Å². The van der Waals surface area contributed by atoms with Gasteiger partial charge in [-0.15, -0.1) is 0 Å². The molecule has 0 N–H and O–H groups in total. The number of fused-ring (bicyclic) bond motifs is 1. The van der Waals surface area contributed by atoms with Crippen LogP contribution in [0.1, 0.15) is 11.1 Å². The largest absolute Gasteiger partial charge is 0.313 e. The van der Waals surface area contributed by atoms with Gasteiger partial charge in [-0.1, -0.05) is 53.5 Å². The molecule has 0 aliphatic carbocycles. The molecule has 0 unspecified atom stereocenters. The molecule has 0 radical (unpaired) electrons. The summed E-state index contributed by atoms with van der Waals surface area (Å²) in [5.74, 6) is -0.0320. The Kier molecular flexibility index (Phi) is 4.51. The fourth-order valence-corrected chi connectivity index (χ4v) is 2.70. The summed E-state index contributed by atoms with van der Waals surface area (Å²) < 4.78 is 0. The van der Waals surface area contributed by atoms with Crippen molar-refractivity contribution in [2.45, 2.75) is 0 Å². The number of benzodiazepines with no additional fused rings is 1.